The number of anilines is 1. The van der Waals surface area contributed by atoms with Crippen molar-refractivity contribution in [2.45, 2.75) is 45.3 Å². The highest BCUT2D eigenvalue weighted by molar-refractivity contribution is 6.33. The lowest BCUT2D eigenvalue weighted by Crippen LogP contribution is -2.34. The zero-order valence-electron chi connectivity index (χ0n) is 11.2. The summed E-state index contributed by atoms with van der Waals surface area (Å²) in [6, 6.07) is 6.42. The molecule has 0 unspecified atom stereocenters. The minimum atomic E-state index is 0.0463. The standard InChI is InChI=1S/C15H22ClNO/c1-11-3-6-13(7-4-11)17(2)15-8-5-12(10-18)9-14(15)16/h5,8-9,11,13,18H,3-4,6-7,10H2,1-2H3. The monoisotopic (exact) mass is 267 g/mol. The molecule has 0 bridgehead atoms. The fourth-order valence-electron chi connectivity index (χ4n) is 2.76. The zero-order chi connectivity index (χ0) is 13.1. The molecule has 2 nitrogen and oxygen atoms in total. The third kappa shape index (κ3) is 2.99. The second-order valence-electron chi connectivity index (χ2n) is 5.47. The summed E-state index contributed by atoms with van der Waals surface area (Å²) in [4.78, 5) is 2.30. The van der Waals surface area contributed by atoms with E-state index in [2.05, 4.69) is 18.9 Å². The molecule has 0 aromatic heterocycles. The predicted molar refractivity (Wildman–Crippen MR) is 77.2 cm³/mol. The molecule has 18 heavy (non-hydrogen) atoms. The van der Waals surface area contributed by atoms with E-state index in [1.54, 1.807) is 0 Å². The van der Waals surface area contributed by atoms with Crippen LogP contribution >= 0.6 is 11.6 Å². The maximum Gasteiger partial charge on any atom is 0.0682 e. The number of aliphatic hydroxyl groups is 1. The summed E-state index contributed by atoms with van der Waals surface area (Å²) in [6.07, 6.45) is 5.11. The SMILES string of the molecule is CC1CCC(N(C)c2ccc(CO)cc2Cl)CC1. The molecule has 1 saturated carbocycles. The topological polar surface area (TPSA) is 23.5 Å². The van der Waals surface area contributed by atoms with Gasteiger partial charge in [0.25, 0.3) is 0 Å². The van der Waals surface area contributed by atoms with E-state index in [1.807, 2.05) is 18.2 Å². The van der Waals surface area contributed by atoms with E-state index in [1.165, 1.54) is 25.7 Å². The van der Waals surface area contributed by atoms with Crippen LogP contribution in [-0.2, 0) is 6.61 Å². The number of rotatable bonds is 3. The Morgan fingerprint density at radius 3 is 2.50 bits per heavy atom. The van der Waals surface area contributed by atoms with Gasteiger partial charge >= 0.3 is 0 Å². The minimum absolute atomic E-state index is 0.0463. The first-order chi connectivity index (χ1) is 8.61. The van der Waals surface area contributed by atoms with Gasteiger partial charge in [0.15, 0.2) is 0 Å². The summed E-state index contributed by atoms with van der Waals surface area (Å²) in [7, 11) is 2.13. The lowest BCUT2D eigenvalue weighted by atomic mass is 9.86. The Morgan fingerprint density at radius 2 is 1.94 bits per heavy atom. The number of benzene rings is 1. The highest BCUT2D eigenvalue weighted by Crippen LogP contribution is 2.33. The van der Waals surface area contributed by atoms with Crippen LogP contribution in [0.5, 0.6) is 0 Å². The van der Waals surface area contributed by atoms with E-state index in [0.29, 0.717) is 6.04 Å². The van der Waals surface area contributed by atoms with Crippen molar-refractivity contribution in [2.75, 3.05) is 11.9 Å². The Morgan fingerprint density at radius 1 is 1.28 bits per heavy atom. The predicted octanol–water partition coefficient (Wildman–Crippen LogP) is 3.85. The maximum absolute atomic E-state index is 9.10. The van der Waals surface area contributed by atoms with Crippen molar-refractivity contribution in [3.8, 4) is 0 Å². The fourth-order valence-corrected chi connectivity index (χ4v) is 3.10. The second kappa shape index (κ2) is 5.94. The molecule has 1 N–H and O–H groups in total. The Balaban J connectivity index is 2.11. The van der Waals surface area contributed by atoms with Crippen molar-refractivity contribution < 1.29 is 5.11 Å². The first-order valence-electron chi connectivity index (χ1n) is 6.74. The van der Waals surface area contributed by atoms with Crippen molar-refractivity contribution in [2.24, 2.45) is 5.92 Å². The molecule has 0 spiro atoms. The molecule has 0 heterocycles. The molecular weight excluding hydrogens is 246 g/mol. The number of hydrogen-bond acceptors (Lipinski definition) is 2. The summed E-state index contributed by atoms with van der Waals surface area (Å²) in [5.74, 6) is 0.863. The highest BCUT2D eigenvalue weighted by Gasteiger charge is 2.22. The average Bonchev–Trinajstić information content (AvgIpc) is 2.38. The number of aliphatic hydroxyl groups excluding tert-OH is 1. The number of hydrogen-bond donors (Lipinski definition) is 1. The second-order valence-corrected chi connectivity index (χ2v) is 5.88. The molecule has 1 aromatic carbocycles. The van der Waals surface area contributed by atoms with E-state index in [4.69, 9.17) is 16.7 Å². The molecule has 1 aromatic rings. The number of nitrogens with zero attached hydrogens (tertiary/aromatic N) is 1. The van der Waals surface area contributed by atoms with Gasteiger partial charge in [-0.2, -0.15) is 0 Å². The van der Waals surface area contributed by atoms with Gasteiger partial charge < -0.3 is 10.0 Å². The van der Waals surface area contributed by atoms with Crippen LogP contribution in [0.1, 0.15) is 38.2 Å². The molecule has 1 aliphatic rings. The van der Waals surface area contributed by atoms with Gasteiger partial charge in [-0.15, -0.1) is 0 Å². The molecular formula is C15H22ClNO. The zero-order valence-corrected chi connectivity index (χ0v) is 12.0. The Bertz CT molecular complexity index is 399. The summed E-state index contributed by atoms with van der Waals surface area (Å²) in [5, 5.41) is 9.84. The third-order valence-corrected chi connectivity index (χ3v) is 4.41. The molecule has 2 rings (SSSR count). The summed E-state index contributed by atoms with van der Waals surface area (Å²) < 4.78 is 0. The average molecular weight is 268 g/mol. The number of halogens is 1. The first-order valence-corrected chi connectivity index (χ1v) is 7.11. The first kappa shape index (κ1) is 13.7. The van der Waals surface area contributed by atoms with Crippen LogP contribution in [0.25, 0.3) is 0 Å². The van der Waals surface area contributed by atoms with E-state index < -0.39 is 0 Å². The van der Waals surface area contributed by atoms with Crippen LogP contribution in [0.15, 0.2) is 18.2 Å². The van der Waals surface area contributed by atoms with E-state index in [0.717, 1.165) is 22.2 Å². The van der Waals surface area contributed by atoms with Crippen LogP contribution in [0.2, 0.25) is 5.02 Å². The van der Waals surface area contributed by atoms with Crippen molar-refractivity contribution in [1.29, 1.82) is 0 Å². The summed E-state index contributed by atoms with van der Waals surface area (Å²) >= 11 is 6.30. The minimum Gasteiger partial charge on any atom is -0.392 e. The Labute approximate surface area is 115 Å². The Kier molecular flexibility index (Phi) is 4.52. The van der Waals surface area contributed by atoms with Crippen LogP contribution < -0.4 is 4.90 Å². The van der Waals surface area contributed by atoms with Crippen molar-refractivity contribution in [3.05, 3.63) is 28.8 Å². The molecule has 1 aliphatic carbocycles. The van der Waals surface area contributed by atoms with Gasteiger partial charge in [-0.1, -0.05) is 24.6 Å². The third-order valence-electron chi connectivity index (χ3n) is 4.11. The molecule has 0 saturated heterocycles. The maximum atomic E-state index is 9.10. The quantitative estimate of drug-likeness (QED) is 0.899. The van der Waals surface area contributed by atoms with E-state index >= 15 is 0 Å². The van der Waals surface area contributed by atoms with Gasteiger partial charge in [-0.3, -0.25) is 0 Å². The Hall–Kier alpha value is -0.730. The molecule has 1 fully saturated rings. The van der Waals surface area contributed by atoms with Crippen LogP contribution in [0.4, 0.5) is 5.69 Å². The molecule has 100 valence electrons. The highest BCUT2D eigenvalue weighted by atomic mass is 35.5. The summed E-state index contributed by atoms with van der Waals surface area (Å²) in [5.41, 5.74) is 1.95. The van der Waals surface area contributed by atoms with Crippen LogP contribution in [0.3, 0.4) is 0 Å². The molecule has 0 atom stereocenters. The van der Waals surface area contributed by atoms with Crippen molar-refractivity contribution >= 4 is 17.3 Å². The molecule has 0 aliphatic heterocycles. The van der Waals surface area contributed by atoms with Crippen LogP contribution in [0, 0.1) is 5.92 Å². The fraction of sp³-hybridized carbons (Fsp3) is 0.600. The lowest BCUT2D eigenvalue weighted by molar-refractivity contribution is 0.282. The molecule has 0 radical (unpaired) electrons. The largest absolute Gasteiger partial charge is 0.392 e. The molecule has 0 amide bonds. The van der Waals surface area contributed by atoms with Gasteiger partial charge in [0.2, 0.25) is 0 Å². The van der Waals surface area contributed by atoms with Gasteiger partial charge in [-0.05, 0) is 49.3 Å². The molecule has 3 heteroatoms. The summed E-state index contributed by atoms with van der Waals surface area (Å²) in [6.45, 7) is 2.38. The van der Waals surface area contributed by atoms with E-state index in [-0.39, 0.29) is 6.61 Å². The van der Waals surface area contributed by atoms with Gasteiger partial charge in [0.1, 0.15) is 0 Å². The van der Waals surface area contributed by atoms with E-state index in [9.17, 15) is 0 Å². The van der Waals surface area contributed by atoms with Crippen LogP contribution in [-0.4, -0.2) is 18.2 Å². The van der Waals surface area contributed by atoms with Gasteiger partial charge in [0.05, 0.1) is 17.3 Å². The normalized spacial score (nSPS) is 24.0. The van der Waals surface area contributed by atoms with Crippen molar-refractivity contribution in [1.82, 2.24) is 0 Å². The lowest BCUT2D eigenvalue weighted by Gasteiger charge is -2.35. The smallest absolute Gasteiger partial charge is 0.0682 e. The van der Waals surface area contributed by atoms with Gasteiger partial charge in [-0.25, -0.2) is 0 Å². The van der Waals surface area contributed by atoms with Gasteiger partial charge in [0, 0.05) is 13.1 Å². The van der Waals surface area contributed by atoms with Crippen molar-refractivity contribution in [3.63, 3.8) is 0 Å².